The second kappa shape index (κ2) is 4.25. The van der Waals surface area contributed by atoms with E-state index in [0.717, 1.165) is 16.7 Å². The molecule has 2 aromatic carbocycles. The van der Waals surface area contributed by atoms with Gasteiger partial charge in [0.15, 0.2) is 0 Å². The molecule has 1 aliphatic rings. The van der Waals surface area contributed by atoms with Gasteiger partial charge in [0.1, 0.15) is 11.9 Å². The Morgan fingerprint density at radius 1 is 1.17 bits per heavy atom. The van der Waals surface area contributed by atoms with Crippen molar-refractivity contribution in [2.75, 3.05) is 0 Å². The average molecular weight is 239 g/mol. The summed E-state index contributed by atoms with van der Waals surface area (Å²) in [6.07, 6.45) is -0.159. The molecule has 0 fully saturated rings. The first kappa shape index (κ1) is 10.9. The smallest absolute Gasteiger partial charge is 0.123 e. The van der Waals surface area contributed by atoms with Gasteiger partial charge in [-0.2, -0.15) is 5.26 Å². The minimum atomic E-state index is -0.253. The molecule has 0 saturated heterocycles. The molecule has 88 valence electrons. The highest BCUT2D eigenvalue weighted by atomic mass is 19.1. The van der Waals surface area contributed by atoms with Crippen molar-refractivity contribution in [2.24, 2.45) is 0 Å². The monoisotopic (exact) mass is 239 g/mol. The highest BCUT2D eigenvalue weighted by Crippen LogP contribution is 2.36. The lowest BCUT2D eigenvalue weighted by Gasteiger charge is -2.11. The molecule has 0 spiro atoms. The van der Waals surface area contributed by atoms with E-state index in [-0.39, 0.29) is 11.9 Å². The topological polar surface area (TPSA) is 33.0 Å². The van der Waals surface area contributed by atoms with Gasteiger partial charge in [-0.25, -0.2) is 4.39 Å². The van der Waals surface area contributed by atoms with Gasteiger partial charge in [0.2, 0.25) is 0 Å². The maximum atomic E-state index is 12.9. The van der Waals surface area contributed by atoms with Crippen molar-refractivity contribution in [3.63, 3.8) is 0 Å². The van der Waals surface area contributed by atoms with E-state index in [1.807, 2.05) is 12.1 Å². The zero-order valence-corrected chi connectivity index (χ0v) is 9.56. The van der Waals surface area contributed by atoms with Gasteiger partial charge in [-0.15, -0.1) is 0 Å². The Hall–Kier alpha value is -2.18. The van der Waals surface area contributed by atoms with Crippen molar-refractivity contribution in [2.45, 2.75) is 12.7 Å². The third kappa shape index (κ3) is 1.77. The van der Waals surface area contributed by atoms with E-state index < -0.39 is 0 Å². The number of nitriles is 1. The third-order valence-electron chi connectivity index (χ3n) is 3.13. The van der Waals surface area contributed by atoms with Crippen molar-refractivity contribution in [1.29, 1.82) is 5.26 Å². The predicted molar refractivity (Wildman–Crippen MR) is 64.2 cm³/mol. The van der Waals surface area contributed by atoms with E-state index >= 15 is 0 Å². The number of rotatable bonds is 1. The zero-order chi connectivity index (χ0) is 12.5. The molecule has 0 aromatic heterocycles. The van der Waals surface area contributed by atoms with Gasteiger partial charge in [-0.05, 0) is 41.0 Å². The predicted octanol–water partition coefficient (Wildman–Crippen LogP) is 3.32. The largest absolute Gasteiger partial charge is 0.364 e. The van der Waals surface area contributed by atoms with Crippen LogP contribution < -0.4 is 0 Å². The summed E-state index contributed by atoms with van der Waals surface area (Å²) in [5.41, 5.74) is 3.65. The van der Waals surface area contributed by atoms with Crippen LogP contribution in [-0.4, -0.2) is 0 Å². The molecule has 0 N–H and O–H groups in total. The summed E-state index contributed by atoms with van der Waals surface area (Å²) < 4.78 is 18.6. The molecule has 3 rings (SSSR count). The molecule has 1 heterocycles. The Balaban J connectivity index is 2.00. The highest BCUT2D eigenvalue weighted by Gasteiger charge is 2.24. The van der Waals surface area contributed by atoms with E-state index in [9.17, 15) is 4.39 Å². The second-order valence-corrected chi connectivity index (χ2v) is 4.27. The van der Waals surface area contributed by atoms with Gasteiger partial charge in [0, 0.05) is 0 Å². The van der Waals surface area contributed by atoms with Gasteiger partial charge < -0.3 is 4.74 Å². The first-order valence-corrected chi connectivity index (χ1v) is 5.68. The first-order chi connectivity index (χ1) is 8.78. The summed E-state index contributed by atoms with van der Waals surface area (Å²) in [5.74, 6) is -0.253. The Bertz CT molecular complexity index is 628. The van der Waals surface area contributed by atoms with Crippen molar-refractivity contribution in [3.8, 4) is 6.07 Å². The fraction of sp³-hybridized carbons (Fsp3) is 0.133. The Morgan fingerprint density at radius 3 is 2.67 bits per heavy atom. The summed E-state index contributed by atoms with van der Waals surface area (Å²) in [6, 6.07) is 14.0. The number of ether oxygens (including phenoxy) is 1. The molecular weight excluding hydrogens is 229 g/mol. The van der Waals surface area contributed by atoms with Crippen LogP contribution in [0.5, 0.6) is 0 Å². The van der Waals surface area contributed by atoms with Crippen LogP contribution in [0.15, 0.2) is 42.5 Å². The lowest BCUT2D eigenvalue weighted by atomic mass is 9.98. The van der Waals surface area contributed by atoms with Crippen LogP contribution in [0, 0.1) is 17.1 Å². The number of benzene rings is 2. The molecule has 1 unspecified atom stereocenters. The number of halogens is 1. The van der Waals surface area contributed by atoms with Crippen molar-refractivity contribution >= 4 is 0 Å². The van der Waals surface area contributed by atoms with Gasteiger partial charge >= 0.3 is 0 Å². The second-order valence-electron chi connectivity index (χ2n) is 4.27. The summed E-state index contributed by atoms with van der Waals surface area (Å²) >= 11 is 0. The van der Waals surface area contributed by atoms with E-state index in [4.69, 9.17) is 10.00 Å². The lowest BCUT2D eigenvalue weighted by Crippen LogP contribution is -1.98. The lowest BCUT2D eigenvalue weighted by molar-refractivity contribution is 0.0939. The van der Waals surface area contributed by atoms with Crippen LogP contribution in [0.3, 0.4) is 0 Å². The Kier molecular flexibility index (Phi) is 2.58. The van der Waals surface area contributed by atoms with Gasteiger partial charge in [0.05, 0.1) is 18.2 Å². The fourth-order valence-corrected chi connectivity index (χ4v) is 2.23. The van der Waals surface area contributed by atoms with Crippen molar-refractivity contribution < 1.29 is 9.13 Å². The molecule has 0 radical (unpaired) electrons. The SMILES string of the molecule is N#Cc1ccc2c(c1)COC2c1ccc(F)cc1. The van der Waals surface area contributed by atoms with Crippen molar-refractivity contribution in [1.82, 2.24) is 0 Å². The van der Waals surface area contributed by atoms with Crippen LogP contribution in [-0.2, 0) is 11.3 Å². The maximum absolute atomic E-state index is 12.9. The van der Waals surface area contributed by atoms with Crippen LogP contribution in [0.1, 0.15) is 28.4 Å². The Morgan fingerprint density at radius 2 is 1.94 bits per heavy atom. The minimum absolute atomic E-state index is 0.159. The molecule has 3 heteroatoms. The van der Waals surface area contributed by atoms with E-state index in [2.05, 4.69) is 6.07 Å². The molecule has 18 heavy (non-hydrogen) atoms. The molecular formula is C15H10FNO. The molecule has 0 bridgehead atoms. The van der Waals surface area contributed by atoms with E-state index in [1.54, 1.807) is 18.2 Å². The fourth-order valence-electron chi connectivity index (χ4n) is 2.23. The Labute approximate surface area is 104 Å². The zero-order valence-electron chi connectivity index (χ0n) is 9.56. The summed E-state index contributed by atoms with van der Waals surface area (Å²) in [5, 5.41) is 8.85. The van der Waals surface area contributed by atoms with Crippen LogP contribution in [0.4, 0.5) is 4.39 Å². The number of hydrogen-bond acceptors (Lipinski definition) is 2. The number of nitrogens with zero attached hydrogens (tertiary/aromatic N) is 1. The van der Waals surface area contributed by atoms with Gasteiger partial charge in [-0.1, -0.05) is 18.2 Å². The molecule has 0 aliphatic carbocycles. The molecule has 2 aromatic rings. The quantitative estimate of drug-likeness (QED) is 0.764. The van der Waals surface area contributed by atoms with Gasteiger partial charge in [0.25, 0.3) is 0 Å². The molecule has 0 amide bonds. The van der Waals surface area contributed by atoms with E-state index in [0.29, 0.717) is 12.2 Å². The van der Waals surface area contributed by atoms with Crippen molar-refractivity contribution in [3.05, 3.63) is 70.5 Å². The van der Waals surface area contributed by atoms with E-state index in [1.165, 1.54) is 12.1 Å². The molecule has 2 nitrogen and oxygen atoms in total. The normalized spacial score (nSPS) is 17.2. The molecule has 1 aliphatic heterocycles. The summed E-state index contributed by atoms with van der Waals surface area (Å²) in [4.78, 5) is 0. The maximum Gasteiger partial charge on any atom is 0.123 e. The summed E-state index contributed by atoms with van der Waals surface area (Å²) in [7, 11) is 0. The first-order valence-electron chi connectivity index (χ1n) is 5.68. The van der Waals surface area contributed by atoms with Crippen LogP contribution in [0.25, 0.3) is 0 Å². The number of fused-ring (bicyclic) bond motifs is 1. The number of hydrogen-bond donors (Lipinski definition) is 0. The van der Waals surface area contributed by atoms with Gasteiger partial charge in [-0.3, -0.25) is 0 Å². The summed E-state index contributed by atoms with van der Waals surface area (Å²) in [6.45, 7) is 0.493. The molecule has 1 atom stereocenters. The highest BCUT2D eigenvalue weighted by molar-refractivity contribution is 5.44. The third-order valence-corrected chi connectivity index (χ3v) is 3.13. The average Bonchev–Trinajstić information content (AvgIpc) is 2.82. The molecule has 0 saturated carbocycles. The van der Waals surface area contributed by atoms with Crippen LogP contribution in [0.2, 0.25) is 0 Å². The van der Waals surface area contributed by atoms with Crippen LogP contribution >= 0.6 is 0 Å². The minimum Gasteiger partial charge on any atom is -0.364 e. The standard InChI is InChI=1S/C15H10FNO/c16-13-4-2-11(3-5-13)15-14-6-1-10(8-17)7-12(14)9-18-15/h1-7,15H,9H2.